The van der Waals surface area contributed by atoms with Gasteiger partial charge in [-0.15, -0.1) is 0 Å². The molecule has 8 nitrogen and oxygen atoms in total. The second-order valence-corrected chi connectivity index (χ2v) is 9.92. The largest absolute Gasteiger partial charge is 0.488 e. The number of rotatable bonds is 3. The molecule has 38 heavy (non-hydrogen) atoms. The number of aliphatic hydroxyl groups is 1. The number of fused-ring (bicyclic) bond motifs is 3. The molecule has 0 spiro atoms. The van der Waals surface area contributed by atoms with Gasteiger partial charge in [0.15, 0.2) is 0 Å². The van der Waals surface area contributed by atoms with Gasteiger partial charge in [0.25, 0.3) is 0 Å². The van der Waals surface area contributed by atoms with Crippen molar-refractivity contribution in [2.24, 2.45) is 0 Å². The number of benzene rings is 2. The van der Waals surface area contributed by atoms with Gasteiger partial charge in [-0.05, 0) is 86.3 Å². The number of aliphatic hydroxyl groups excluding tert-OH is 1. The van der Waals surface area contributed by atoms with E-state index in [9.17, 15) is 9.90 Å². The van der Waals surface area contributed by atoms with Crippen LogP contribution in [-0.2, 0) is 18.0 Å². The van der Waals surface area contributed by atoms with Crippen LogP contribution >= 0.6 is 0 Å². The maximum atomic E-state index is 11.8. The first-order valence-corrected chi connectivity index (χ1v) is 12.2. The van der Waals surface area contributed by atoms with Crippen LogP contribution in [0.4, 0.5) is 16.2 Å². The summed E-state index contributed by atoms with van der Waals surface area (Å²) in [6.45, 7) is 7.92. The van der Waals surface area contributed by atoms with E-state index in [0.717, 1.165) is 44.8 Å². The number of anilines is 2. The highest BCUT2D eigenvalue weighted by Crippen LogP contribution is 2.37. The molecule has 0 bridgehead atoms. The van der Waals surface area contributed by atoms with E-state index in [1.165, 1.54) is 5.56 Å². The fourth-order valence-electron chi connectivity index (χ4n) is 4.12. The molecule has 8 heteroatoms. The summed E-state index contributed by atoms with van der Waals surface area (Å²) in [5.41, 5.74) is 13.6. The van der Waals surface area contributed by atoms with E-state index in [4.69, 9.17) is 15.2 Å². The smallest absolute Gasteiger partial charge is 0.412 e. The van der Waals surface area contributed by atoms with Crippen molar-refractivity contribution in [3.05, 3.63) is 90.0 Å². The molecule has 0 radical (unpaired) electrons. The van der Waals surface area contributed by atoms with Gasteiger partial charge in [0.05, 0.1) is 6.61 Å². The number of nitrogens with two attached hydrogens (primary N) is 1. The summed E-state index contributed by atoms with van der Waals surface area (Å²) >= 11 is 0. The van der Waals surface area contributed by atoms with Crippen molar-refractivity contribution in [3.63, 3.8) is 0 Å². The molecular weight excluding hydrogens is 480 g/mol. The third-order valence-electron chi connectivity index (χ3n) is 5.82. The minimum absolute atomic E-state index is 0.0689. The number of amides is 1. The van der Waals surface area contributed by atoms with Crippen molar-refractivity contribution in [1.29, 1.82) is 0 Å². The molecule has 0 unspecified atom stereocenters. The Morgan fingerprint density at radius 1 is 1.00 bits per heavy atom. The lowest BCUT2D eigenvalue weighted by Gasteiger charge is -2.20. The third kappa shape index (κ3) is 6.46. The average molecular weight is 513 g/mol. The molecule has 0 saturated heterocycles. The highest BCUT2D eigenvalue weighted by atomic mass is 16.6. The van der Waals surface area contributed by atoms with Crippen molar-refractivity contribution in [1.82, 2.24) is 9.97 Å². The second kappa shape index (κ2) is 11.3. The van der Waals surface area contributed by atoms with Gasteiger partial charge in [-0.3, -0.25) is 15.3 Å². The number of hydrogen-bond donors (Lipinski definition) is 3. The highest BCUT2D eigenvalue weighted by molar-refractivity contribution is 5.86. The lowest BCUT2D eigenvalue weighted by atomic mass is 9.97. The van der Waals surface area contributed by atoms with Crippen LogP contribution in [0.3, 0.4) is 0 Å². The van der Waals surface area contributed by atoms with Crippen molar-refractivity contribution in [3.8, 4) is 28.0 Å². The Labute approximate surface area is 222 Å². The number of aromatic nitrogens is 2. The Kier molecular flexibility index (Phi) is 7.93. The van der Waals surface area contributed by atoms with Crippen LogP contribution in [0.5, 0.6) is 5.75 Å². The van der Waals surface area contributed by atoms with E-state index in [1.54, 1.807) is 18.6 Å². The predicted molar refractivity (Wildman–Crippen MR) is 149 cm³/mol. The van der Waals surface area contributed by atoms with Crippen molar-refractivity contribution >= 4 is 17.5 Å². The topological polar surface area (TPSA) is 120 Å². The quantitative estimate of drug-likeness (QED) is 0.283. The van der Waals surface area contributed by atoms with Gasteiger partial charge < -0.3 is 20.3 Å². The molecule has 1 amide bonds. The molecule has 2 aromatic heterocycles. The molecule has 2 aromatic carbocycles. The number of carbonyl (C=O) groups is 1. The number of nitrogens with zero attached hydrogens (tertiary/aromatic N) is 2. The van der Waals surface area contributed by atoms with Crippen LogP contribution in [0.2, 0.25) is 0 Å². The third-order valence-corrected chi connectivity index (χ3v) is 5.82. The number of nitrogen functional groups attached to an aromatic ring is 1. The van der Waals surface area contributed by atoms with Crippen LogP contribution in [0.25, 0.3) is 22.3 Å². The van der Waals surface area contributed by atoms with Crippen LogP contribution < -0.4 is 15.8 Å². The second-order valence-electron chi connectivity index (χ2n) is 9.92. The summed E-state index contributed by atoms with van der Waals surface area (Å²) < 4.78 is 10.9. The molecule has 3 heterocycles. The molecule has 5 rings (SSSR count). The molecule has 1 aliphatic rings. The number of carbonyl (C=O) groups excluding carboxylic acids is 1. The summed E-state index contributed by atoms with van der Waals surface area (Å²) in [4.78, 5) is 19.9. The zero-order chi connectivity index (χ0) is 27.3. The Morgan fingerprint density at radius 3 is 2.42 bits per heavy atom. The van der Waals surface area contributed by atoms with E-state index in [-0.39, 0.29) is 6.61 Å². The van der Waals surface area contributed by atoms with E-state index in [2.05, 4.69) is 15.3 Å². The van der Waals surface area contributed by atoms with Gasteiger partial charge >= 0.3 is 6.09 Å². The molecule has 0 saturated carbocycles. The Morgan fingerprint density at radius 2 is 1.71 bits per heavy atom. The van der Waals surface area contributed by atoms with Gasteiger partial charge in [0.1, 0.15) is 18.0 Å². The normalized spacial score (nSPS) is 11.7. The fourth-order valence-corrected chi connectivity index (χ4v) is 4.12. The van der Waals surface area contributed by atoms with Crippen LogP contribution in [-0.4, -0.2) is 26.8 Å². The molecular formula is C30H32N4O4. The highest BCUT2D eigenvalue weighted by Gasteiger charge is 2.18. The monoisotopic (exact) mass is 512 g/mol. The maximum absolute atomic E-state index is 11.8. The minimum Gasteiger partial charge on any atom is -0.488 e. The van der Waals surface area contributed by atoms with Gasteiger partial charge in [-0.1, -0.05) is 6.07 Å². The van der Waals surface area contributed by atoms with E-state index < -0.39 is 11.7 Å². The number of pyridine rings is 2. The lowest BCUT2D eigenvalue weighted by Crippen LogP contribution is -2.27. The summed E-state index contributed by atoms with van der Waals surface area (Å²) in [7, 11) is 0. The first-order chi connectivity index (χ1) is 18.1. The molecule has 0 fully saturated rings. The first-order valence-electron chi connectivity index (χ1n) is 12.2. The van der Waals surface area contributed by atoms with Crippen LogP contribution in [0.15, 0.2) is 73.3 Å². The lowest BCUT2D eigenvalue weighted by molar-refractivity contribution is 0.0636. The van der Waals surface area contributed by atoms with E-state index >= 15 is 0 Å². The Bertz CT molecular complexity index is 1450. The predicted octanol–water partition coefficient (Wildman–Crippen LogP) is 6.12. The van der Waals surface area contributed by atoms with E-state index in [0.29, 0.717) is 12.3 Å². The molecule has 4 aromatic rings. The maximum Gasteiger partial charge on any atom is 0.412 e. The van der Waals surface area contributed by atoms with Gasteiger partial charge in [0, 0.05) is 58.9 Å². The van der Waals surface area contributed by atoms with Crippen molar-refractivity contribution in [2.45, 2.75) is 46.5 Å². The van der Waals surface area contributed by atoms with Crippen molar-refractivity contribution < 1.29 is 19.4 Å². The molecule has 0 atom stereocenters. The van der Waals surface area contributed by atoms with Gasteiger partial charge in [-0.2, -0.15) is 0 Å². The molecule has 1 aliphatic heterocycles. The zero-order valence-corrected chi connectivity index (χ0v) is 22.0. The van der Waals surface area contributed by atoms with Crippen molar-refractivity contribution in [2.75, 3.05) is 11.1 Å². The SMILES string of the molecule is Cc1cc(NC(=O)OC(C)(C)C)ccc1-c1ccncc1CO.Nc1ccc2c(c1)OCc1cnccc1-2. The summed E-state index contributed by atoms with van der Waals surface area (Å²) in [6, 6.07) is 15.2. The number of hydrogen-bond acceptors (Lipinski definition) is 7. The first kappa shape index (κ1) is 26.6. The van der Waals surface area contributed by atoms with E-state index in [1.807, 2.05) is 82.4 Å². The summed E-state index contributed by atoms with van der Waals surface area (Å²) in [6.07, 6.45) is 6.51. The standard InChI is InChI=1S/C18H22N2O3.C12H10N2O/c1-12-9-14(20-17(22)23-18(2,3)4)5-6-15(12)16-7-8-19-10-13(16)11-21;13-9-1-2-11-10-3-4-14-6-8(10)7-15-12(11)5-9/h5-10,21H,11H2,1-4H3,(H,20,22);1-6H,7,13H2. The van der Waals surface area contributed by atoms with Gasteiger partial charge in [0.2, 0.25) is 0 Å². The van der Waals surface area contributed by atoms with Gasteiger partial charge in [-0.25, -0.2) is 4.79 Å². The Balaban J connectivity index is 0.000000192. The average Bonchev–Trinajstić information content (AvgIpc) is 2.88. The van der Waals surface area contributed by atoms with Crippen LogP contribution in [0.1, 0.15) is 37.5 Å². The fraction of sp³-hybridized carbons (Fsp3) is 0.233. The summed E-state index contributed by atoms with van der Waals surface area (Å²) in [5.74, 6) is 0.855. The minimum atomic E-state index is -0.536. The molecule has 0 aliphatic carbocycles. The summed E-state index contributed by atoms with van der Waals surface area (Å²) in [5, 5.41) is 12.2. The number of nitrogens with one attached hydrogen (secondary N) is 1. The van der Waals surface area contributed by atoms with Crippen LogP contribution in [0, 0.1) is 6.92 Å². The molecule has 196 valence electrons. The number of aryl methyl sites for hydroxylation is 1. The Hall–Kier alpha value is -4.43. The zero-order valence-electron chi connectivity index (χ0n) is 22.0. The number of ether oxygens (including phenoxy) is 2. The molecule has 4 N–H and O–H groups in total.